The first-order valence-corrected chi connectivity index (χ1v) is 9.27. The van der Waals surface area contributed by atoms with E-state index in [9.17, 15) is 4.79 Å². The normalized spacial score (nSPS) is 16.0. The van der Waals surface area contributed by atoms with Crippen molar-refractivity contribution in [3.8, 4) is 23.8 Å². The van der Waals surface area contributed by atoms with E-state index in [1.54, 1.807) is 14.2 Å². The highest BCUT2D eigenvalue weighted by molar-refractivity contribution is 7.16. The molecule has 1 aromatic heterocycles. The predicted octanol–water partition coefficient (Wildman–Crippen LogP) is 3.36. The van der Waals surface area contributed by atoms with Gasteiger partial charge >= 0.3 is 0 Å². The quantitative estimate of drug-likeness (QED) is 0.788. The lowest BCUT2D eigenvalue weighted by Gasteiger charge is -2.17. The summed E-state index contributed by atoms with van der Waals surface area (Å²) in [6.07, 6.45) is 10.8. The number of fused-ring (bicyclic) bond motifs is 1. The first-order chi connectivity index (χ1) is 12.2. The molecule has 1 aliphatic rings. The van der Waals surface area contributed by atoms with Crippen molar-refractivity contribution in [1.82, 2.24) is 4.57 Å². The summed E-state index contributed by atoms with van der Waals surface area (Å²) in [5, 5.41) is 0. The zero-order chi connectivity index (χ0) is 17.8. The van der Waals surface area contributed by atoms with Crippen LogP contribution < -0.4 is 14.3 Å². The standard InChI is InChI=1S/C19H22N2O3S/c1-4-10-21-14-11-15(23-2)16(24-3)12-17(14)25-19(21)20-18(22)13-8-6-5-7-9-13/h1,11-13H,5-10H2,2-3H3. The molecule has 1 aliphatic carbocycles. The smallest absolute Gasteiger partial charge is 0.251 e. The van der Waals surface area contributed by atoms with Crippen LogP contribution in [-0.2, 0) is 11.3 Å². The zero-order valence-corrected chi connectivity index (χ0v) is 15.4. The van der Waals surface area contributed by atoms with E-state index in [1.165, 1.54) is 17.8 Å². The number of amides is 1. The van der Waals surface area contributed by atoms with Gasteiger partial charge in [0.15, 0.2) is 16.3 Å². The van der Waals surface area contributed by atoms with Gasteiger partial charge in [-0.15, -0.1) is 6.42 Å². The number of terminal acetylenes is 1. The molecule has 0 spiro atoms. The second kappa shape index (κ2) is 7.75. The number of benzene rings is 1. The predicted molar refractivity (Wildman–Crippen MR) is 98.9 cm³/mol. The Morgan fingerprint density at radius 2 is 1.96 bits per heavy atom. The molecule has 0 saturated heterocycles. The molecular weight excluding hydrogens is 336 g/mol. The topological polar surface area (TPSA) is 52.8 Å². The van der Waals surface area contributed by atoms with Crippen molar-refractivity contribution in [2.75, 3.05) is 14.2 Å². The van der Waals surface area contributed by atoms with E-state index in [1.807, 2.05) is 16.7 Å². The SMILES string of the molecule is C#CCn1c(=NC(=O)C2CCCCC2)sc2cc(OC)c(OC)cc21. The number of thiazole rings is 1. The van der Waals surface area contributed by atoms with Crippen molar-refractivity contribution in [3.05, 3.63) is 16.9 Å². The van der Waals surface area contributed by atoms with Gasteiger partial charge in [-0.1, -0.05) is 36.5 Å². The van der Waals surface area contributed by atoms with E-state index in [-0.39, 0.29) is 11.8 Å². The van der Waals surface area contributed by atoms with Crippen LogP contribution in [0.3, 0.4) is 0 Å². The number of hydrogen-bond donors (Lipinski definition) is 0. The largest absolute Gasteiger partial charge is 0.493 e. The van der Waals surface area contributed by atoms with Crippen LogP contribution in [0.1, 0.15) is 32.1 Å². The molecule has 2 aromatic rings. The number of hydrogen-bond acceptors (Lipinski definition) is 4. The average Bonchev–Trinajstić information content (AvgIpc) is 2.97. The van der Waals surface area contributed by atoms with Crippen molar-refractivity contribution in [2.24, 2.45) is 10.9 Å². The maximum Gasteiger partial charge on any atom is 0.251 e. The molecule has 1 aromatic carbocycles. The molecule has 1 amide bonds. The Morgan fingerprint density at radius 3 is 2.60 bits per heavy atom. The van der Waals surface area contributed by atoms with Gasteiger partial charge in [0.25, 0.3) is 5.91 Å². The van der Waals surface area contributed by atoms with Crippen molar-refractivity contribution < 1.29 is 14.3 Å². The Balaban J connectivity index is 2.10. The third kappa shape index (κ3) is 3.57. The molecule has 3 rings (SSSR count). The molecule has 5 nitrogen and oxygen atoms in total. The first kappa shape index (κ1) is 17.6. The number of carbonyl (C=O) groups is 1. The van der Waals surface area contributed by atoms with Gasteiger partial charge in [-0.3, -0.25) is 4.79 Å². The van der Waals surface area contributed by atoms with E-state index < -0.39 is 0 Å². The van der Waals surface area contributed by atoms with Crippen LogP contribution in [-0.4, -0.2) is 24.7 Å². The highest BCUT2D eigenvalue weighted by atomic mass is 32.1. The minimum Gasteiger partial charge on any atom is -0.493 e. The molecule has 1 saturated carbocycles. The lowest BCUT2D eigenvalue weighted by Crippen LogP contribution is -2.21. The molecule has 132 valence electrons. The van der Waals surface area contributed by atoms with Crippen LogP contribution in [0.5, 0.6) is 11.5 Å². The summed E-state index contributed by atoms with van der Waals surface area (Å²) in [5.74, 6) is 3.94. The Bertz CT molecular complexity index is 882. The highest BCUT2D eigenvalue weighted by Gasteiger charge is 2.21. The fourth-order valence-corrected chi connectivity index (χ4v) is 4.31. The van der Waals surface area contributed by atoms with Gasteiger partial charge in [0, 0.05) is 18.1 Å². The number of methoxy groups -OCH3 is 2. The number of aromatic nitrogens is 1. The van der Waals surface area contributed by atoms with Gasteiger partial charge in [0.05, 0.1) is 31.0 Å². The molecular formula is C19H22N2O3S. The number of rotatable bonds is 4. The summed E-state index contributed by atoms with van der Waals surface area (Å²) in [7, 11) is 3.20. The fraction of sp³-hybridized carbons (Fsp3) is 0.474. The molecule has 1 fully saturated rings. The number of carbonyl (C=O) groups excluding carboxylic acids is 1. The molecule has 0 aliphatic heterocycles. The van der Waals surface area contributed by atoms with E-state index in [0.717, 1.165) is 35.9 Å². The second-order valence-electron chi connectivity index (χ2n) is 6.13. The molecule has 6 heteroatoms. The maximum absolute atomic E-state index is 12.6. The van der Waals surface area contributed by atoms with Gasteiger partial charge in [-0.2, -0.15) is 4.99 Å². The lowest BCUT2D eigenvalue weighted by molar-refractivity contribution is -0.122. The third-order valence-corrected chi connectivity index (χ3v) is 5.64. The zero-order valence-electron chi connectivity index (χ0n) is 14.6. The van der Waals surface area contributed by atoms with Crippen molar-refractivity contribution in [2.45, 2.75) is 38.6 Å². The van der Waals surface area contributed by atoms with E-state index in [4.69, 9.17) is 15.9 Å². The Morgan fingerprint density at radius 1 is 1.28 bits per heavy atom. The van der Waals surface area contributed by atoms with Crippen LogP contribution in [0.25, 0.3) is 10.2 Å². The average molecular weight is 358 g/mol. The van der Waals surface area contributed by atoms with Crippen LogP contribution in [0, 0.1) is 18.3 Å². The molecule has 0 bridgehead atoms. The summed E-state index contributed by atoms with van der Waals surface area (Å²) in [5.41, 5.74) is 0.899. The summed E-state index contributed by atoms with van der Waals surface area (Å²) in [6, 6.07) is 3.78. The molecule has 0 radical (unpaired) electrons. The van der Waals surface area contributed by atoms with Crippen LogP contribution >= 0.6 is 11.3 Å². The third-order valence-electron chi connectivity index (χ3n) is 4.60. The Labute approximate surface area is 151 Å². The summed E-state index contributed by atoms with van der Waals surface area (Å²) >= 11 is 1.45. The van der Waals surface area contributed by atoms with Crippen molar-refractivity contribution in [3.63, 3.8) is 0 Å². The van der Waals surface area contributed by atoms with Gasteiger partial charge in [0.1, 0.15) is 0 Å². The molecule has 1 heterocycles. The van der Waals surface area contributed by atoms with E-state index >= 15 is 0 Å². The van der Waals surface area contributed by atoms with Crippen LogP contribution in [0.15, 0.2) is 17.1 Å². The van der Waals surface area contributed by atoms with Gasteiger partial charge in [-0.05, 0) is 12.8 Å². The number of ether oxygens (including phenoxy) is 2. The second-order valence-corrected chi connectivity index (χ2v) is 7.14. The summed E-state index contributed by atoms with van der Waals surface area (Å²) < 4.78 is 13.6. The van der Waals surface area contributed by atoms with Crippen LogP contribution in [0.2, 0.25) is 0 Å². The van der Waals surface area contributed by atoms with Gasteiger partial charge < -0.3 is 14.0 Å². The Hall–Kier alpha value is -2.26. The summed E-state index contributed by atoms with van der Waals surface area (Å²) in [6.45, 7) is 0.353. The molecule has 25 heavy (non-hydrogen) atoms. The number of nitrogens with zero attached hydrogens (tertiary/aromatic N) is 2. The van der Waals surface area contributed by atoms with Gasteiger partial charge in [-0.25, -0.2) is 0 Å². The van der Waals surface area contributed by atoms with Crippen LogP contribution in [0.4, 0.5) is 0 Å². The van der Waals surface area contributed by atoms with Crippen molar-refractivity contribution in [1.29, 1.82) is 0 Å². The molecule has 0 unspecified atom stereocenters. The molecule has 0 N–H and O–H groups in total. The van der Waals surface area contributed by atoms with E-state index in [0.29, 0.717) is 22.8 Å². The highest BCUT2D eigenvalue weighted by Crippen LogP contribution is 2.33. The monoisotopic (exact) mass is 358 g/mol. The maximum atomic E-state index is 12.6. The van der Waals surface area contributed by atoms with Crippen molar-refractivity contribution >= 4 is 27.5 Å². The molecule has 0 atom stereocenters. The first-order valence-electron chi connectivity index (χ1n) is 8.45. The minimum absolute atomic E-state index is 0.0315. The van der Waals surface area contributed by atoms with Gasteiger partial charge in [0.2, 0.25) is 0 Å². The van der Waals surface area contributed by atoms with E-state index in [2.05, 4.69) is 10.9 Å². The Kier molecular flexibility index (Phi) is 5.44. The minimum atomic E-state index is -0.0315. The fourth-order valence-electron chi connectivity index (χ4n) is 3.26. The lowest BCUT2D eigenvalue weighted by atomic mass is 9.89. The summed E-state index contributed by atoms with van der Waals surface area (Å²) in [4.78, 5) is 17.6.